The zero-order chi connectivity index (χ0) is 13.1. The van der Waals surface area contributed by atoms with Crippen molar-refractivity contribution in [2.75, 3.05) is 6.54 Å². The number of hydrogen-bond donors (Lipinski definition) is 1. The maximum Gasteiger partial charge on any atom is 0.137 e. The van der Waals surface area contributed by atoms with Gasteiger partial charge in [0.1, 0.15) is 11.3 Å². The summed E-state index contributed by atoms with van der Waals surface area (Å²) >= 11 is 0. The molecular weight excluding hydrogens is 222 g/mol. The minimum Gasteiger partial charge on any atom is -0.459 e. The van der Waals surface area contributed by atoms with Crippen LogP contribution in [0.2, 0.25) is 0 Å². The van der Waals surface area contributed by atoms with Crippen molar-refractivity contribution >= 4 is 11.0 Å². The molecule has 0 amide bonds. The van der Waals surface area contributed by atoms with Crippen molar-refractivity contribution < 1.29 is 4.42 Å². The van der Waals surface area contributed by atoms with E-state index in [2.05, 4.69) is 51.2 Å². The first-order valence-corrected chi connectivity index (χ1v) is 6.86. The van der Waals surface area contributed by atoms with Gasteiger partial charge in [0, 0.05) is 5.39 Å². The number of furan rings is 1. The summed E-state index contributed by atoms with van der Waals surface area (Å²) in [5, 5.41) is 4.66. The minimum atomic E-state index is 0.530. The Balaban J connectivity index is 2.36. The smallest absolute Gasteiger partial charge is 0.137 e. The normalized spacial score (nSPS) is 11.6. The fraction of sp³-hybridized carbons (Fsp3) is 0.500. The lowest BCUT2D eigenvalue weighted by atomic mass is 9.97. The molecular formula is C16H23NO. The molecule has 0 spiro atoms. The van der Waals surface area contributed by atoms with Crippen LogP contribution in [0, 0.1) is 6.92 Å². The summed E-state index contributed by atoms with van der Waals surface area (Å²) in [7, 11) is 0. The Labute approximate surface area is 109 Å². The topological polar surface area (TPSA) is 25.2 Å². The molecule has 0 aliphatic carbocycles. The summed E-state index contributed by atoms with van der Waals surface area (Å²) < 4.78 is 5.97. The molecule has 1 aromatic heterocycles. The van der Waals surface area contributed by atoms with Gasteiger partial charge >= 0.3 is 0 Å². The van der Waals surface area contributed by atoms with Gasteiger partial charge in [-0.15, -0.1) is 0 Å². The third-order valence-electron chi connectivity index (χ3n) is 3.31. The molecule has 0 saturated carbocycles. The first kappa shape index (κ1) is 13.2. The molecule has 1 aromatic carbocycles. The van der Waals surface area contributed by atoms with Crippen LogP contribution in [0.15, 0.2) is 22.6 Å². The van der Waals surface area contributed by atoms with Crippen LogP contribution in [0.3, 0.4) is 0 Å². The number of aryl methyl sites for hydroxylation is 1. The van der Waals surface area contributed by atoms with Gasteiger partial charge in [-0.3, -0.25) is 0 Å². The average molecular weight is 245 g/mol. The van der Waals surface area contributed by atoms with Crippen LogP contribution in [0.1, 0.15) is 50.0 Å². The molecule has 1 N–H and O–H groups in total. The van der Waals surface area contributed by atoms with Crippen LogP contribution in [0.4, 0.5) is 0 Å². The molecule has 0 bridgehead atoms. The minimum absolute atomic E-state index is 0.530. The molecule has 0 aliphatic rings. The molecule has 2 rings (SSSR count). The largest absolute Gasteiger partial charge is 0.459 e. The summed E-state index contributed by atoms with van der Waals surface area (Å²) in [6.45, 7) is 10.6. The van der Waals surface area contributed by atoms with Crippen LogP contribution < -0.4 is 5.32 Å². The van der Waals surface area contributed by atoms with Gasteiger partial charge in [0.05, 0.1) is 6.54 Å². The standard InChI is InChI=1S/C16H23NO/c1-5-8-17-10-13-9-15-14(11(2)3)7-6-12(4)16(15)18-13/h6-7,9,11,17H,5,8,10H2,1-4H3. The molecule has 1 heterocycles. The average Bonchev–Trinajstić information content (AvgIpc) is 2.74. The van der Waals surface area contributed by atoms with E-state index in [1.54, 1.807) is 0 Å². The SMILES string of the molecule is CCCNCc1cc2c(C(C)C)ccc(C)c2o1. The maximum atomic E-state index is 5.97. The summed E-state index contributed by atoms with van der Waals surface area (Å²) in [5.41, 5.74) is 3.65. The third kappa shape index (κ3) is 2.59. The zero-order valence-corrected chi connectivity index (χ0v) is 11.8. The highest BCUT2D eigenvalue weighted by Gasteiger charge is 2.12. The van der Waals surface area contributed by atoms with Crippen LogP contribution in [0.25, 0.3) is 11.0 Å². The molecule has 0 atom stereocenters. The molecule has 2 heteroatoms. The molecule has 0 aliphatic heterocycles. The number of rotatable bonds is 5. The van der Waals surface area contributed by atoms with E-state index in [0.29, 0.717) is 5.92 Å². The van der Waals surface area contributed by atoms with E-state index < -0.39 is 0 Å². The predicted octanol–water partition coefficient (Wildman–Crippen LogP) is 4.36. The van der Waals surface area contributed by atoms with Gasteiger partial charge in [0.25, 0.3) is 0 Å². The van der Waals surface area contributed by atoms with Crippen molar-refractivity contribution in [1.29, 1.82) is 0 Å². The van der Waals surface area contributed by atoms with Gasteiger partial charge < -0.3 is 9.73 Å². The van der Waals surface area contributed by atoms with E-state index >= 15 is 0 Å². The highest BCUT2D eigenvalue weighted by atomic mass is 16.3. The second kappa shape index (κ2) is 5.57. The summed E-state index contributed by atoms with van der Waals surface area (Å²) in [4.78, 5) is 0. The van der Waals surface area contributed by atoms with Crippen molar-refractivity contribution in [2.24, 2.45) is 0 Å². The molecule has 0 saturated heterocycles. The second-order valence-electron chi connectivity index (χ2n) is 5.26. The van der Waals surface area contributed by atoms with E-state index in [9.17, 15) is 0 Å². The molecule has 0 unspecified atom stereocenters. The highest BCUT2D eigenvalue weighted by molar-refractivity contribution is 5.85. The zero-order valence-electron chi connectivity index (χ0n) is 11.8. The van der Waals surface area contributed by atoms with Gasteiger partial charge in [-0.2, -0.15) is 0 Å². The Bertz CT molecular complexity index is 525. The summed E-state index contributed by atoms with van der Waals surface area (Å²) in [5.74, 6) is 1.57. The Kier molecular flexibility index (Phi) is 4.07. The van der Waals surface area contributed by atoms with E-state index in [-0.39, 0.29) is 0 Å². The molecule has 0 fully saturated rings. The Morgan fingerprint density at radius 1 is 1.28 bits per heavy atom. The molecule has 98 valence electrons. The van der Waals surface area contributed by atoms with Crippen molar-refractivity contribution in [1.82, 2.24) is 5.32 Å². The van der Waals surface area contributed by atoms with E-state index in [1.807, 2.05) is 0 Å². The van der Waals surface area contributed by atoms with Gasteiger partial charge in [-0.1, -0.05) is 32.9 Å². The first-order valence-electron chi connectivity index (χ1n) is 6.86. The third-order valence-corrected chi connectivity index (χ3v) is 3.31. The number of fused-ring (bicyclic) bond motifs is 1. The van der Waals surface area contributed by atoms with Gasteiger partial charge in [0.15, 0.2) is 0 Å². The van der Waals surface area contributed by atoms with E-state index in [4.69, 9.17) is 4.42 Å². The molecule has 0 radical (unpaired) electrons. The van der Waals surface area contributed by atoms with Crippen LogP contribution >= 0.6 is 0 Å². The summed E-state index contributed by atoms with van der Waals surface area (Å²) in [6, 6.07) is 6.58. The number of nitrogens with one attached hydrogen (secondary N) is 1. The van der Waals surface area contributed by atoms with Crippen LogP contribution in [-0.2, 0) is 6.54 Å². The Morgan fingerprint density at radius 3 is 2.72 bits per heavy atom. The van der Waals surface area contributed by atoms with E-state index in [0.717, 1.165) is 30.9 Å². The van der Waals surface area contributed by atoms with Gasteiger partial charge in [-0.25, -0.2) is 0 Å². The monoisotopic (exact) mass is 245 g/mol. The van der Waals surface area contributed by atoms with Gasteiger partial charge in [-0.05, 0) is 43.0 Å². The predicted molar refractivity (Wildman–Crippen MR) is 77.0 cm³/mol. The van der Waals surface area contributed by atoms with Crippen LogP contribution in [0.5, 0.6) is 0 Å². The van der Waals surface area contributed by atoms with Crippen molar-refractivity contribution in [2.45, 2.75) is 46.6 Å². The number of benzene rings is 1. The first-order chi connectivity index (χ1) is 8.63. The van der Waals surface area contributed by atoms with E-state index in [1.165, 1.54) is 16.5 Å². The van der Waals surface area contributed by atoms with Gasteiger partial charge in [0.2, 0.25) is 0 Å². The quantitative estimate of drug-likeness (QED) is 0.791. The highest BCUT2D eigenvalue weighted by Crippen LogP contribution is 2.30. The lowest BCUT2D eigenvalue weighted by Crippen LogP contribution is -2.12. The molecule has 2 aromatic rings. The van der Waals surface area contributed by atoms with Crippen molar-refractivity contribution in [3.05, 3.63) is 35.1 Å². The van der Waals surface area contributed by atoms with Crippen LogP contribution in [-0.4, -0.2) is 6.54 Å². The fourth-order valence-electron chi connectivity index (χ4n) is 2.31. The Hall–Kier alpha value is -1.28. The van der Waals surface area contributed by atoms with Crippen molar-refractivity contribution in [3.8, 4) is 0 Å². The number of hydrogen-bond acceptors (Lipinski definition) is 2. The maximum absolute atomic E-state index is 5.97. The Morgan fingerprint density at radius 2 is 2.06 bits per heavy atom. The lowest BCUT2D eigenvalue weighted by Gasteiger charge is -2.07. The second-order valence-corrected chi connectivity index (χ2v) is 5.26. The molecule has 18 heavy (non-hydrogen) atoms. The molecule has 2 nitrogen and oxygen atoms in total. The lowest BCUT2D eigenvalue weighted by molar-refractivity contribution is 0.512. The fourth-order valence-corrected chi connectivity index (χ4v) is 2.31. The summed E-state index contributed by atoms with van der Waals surface area (Å²) in [6.07, 6.45) is 1.15. The van der Waals surface area contributed by atoms with Crippen molar-refractivity contribution in [3.63, 3.8) is 0 Å².